The first-order valence-electron chi connectivity index (χ1n) is 9.78. The normalized spacial score (nSPS) is 29.0. The smallest absolute Gasteiger partial charge is 0.220 e. The van der Waals surface area contributed by atoms with Crippen LogP contribution in [-0.2, 0) is 11.2 Å². The Bertz CT molecular complexity index is 795. The van der Waals surface area contributed by atoms with Crippen molar-refractivity contribution in [3.05, 3.63) is 48.3 Å². The molecule has 0 saturated heterocycles. The van der Waals surface area contributed by atoms with Crippen molar-refractivity contribution in [2.45, 2.75) is 58.9 Å². The molecule has 1 aromatic heterocycles. The van der Waals surface area contributed by atoms with Gasteiger partial charge in [0.25, 0.3) is 0 Å². The lowest BCUT2D eigenvalue weighted by Gasteiger charge is -2.39. The topological polar surface area (TPSA) is 46.9 Å². The van der Waals surface area contributed by atoms with Gasteiger partial charge in [0.2, 0.25) is 5.91 Å². The predicted molar refractivity (Wildman–Crippen MR) is 103 cm³/mol. The summed E-state index contributed by atoms with van der Waals surface area (Å²) in [6, 6.07) is 10.4. The SMILES string of the molecule is CC1(C)C2CCC1(C)C(NC(=O)CCc1cnn(-c3ccccc3)c1)C2. The van der Waals surface area contributed by atoms with Gasteiger partial charge in [0.1, 0.15) is 0 Å². The Labute approximate surface area is 156 Å². The molecule has 2 saturated carbocycles. The van der Waals surface area contributed by atoms with Crippen LogP contribution in [0.3, 0.4) is 0 Å². The lowest BCUT2D eigenvalue weighted by atomic mass is 9.69. The lowest BCUT2D eigenvalue weighted by Crippen LogP contribution is -2.46. The maximum Gasteiger partial charge on any atom is 0.220 e. The van der Waals surface area contributed by atoms with E-state index < -0.39 is 0 Å². The first-order chi connectivity index (χ1) is 12.4. The molecule has 1 N–H and O–H groups in total. The number of fused-ring (bicyclic) bond motifs is 2. The number of aryl methyl sites for hydroxylation is 1. The van der Waals surface area contributed by atoms with Gasteiger partial charge in [-0.05, 0) is 60.1 Å². The minimum absolute atomic E-state index is 0.173. The highest BCUT2D eigenvalue weighted by Gasteiger charge is 2.61. The van der Waals surface area contributed by atoms with Gasteiger partial charge in [0, 0.05) is 18.7 Å². The number of para-hydroxylation sites is 1. The number of rotatable bonds is 5. The molecule has 4 nitrogen and oxygen atoms in total. The number of benzene rings is 1. The highest BCUT2D eigenvalue weighted by atomic mass is 16.1. The Morgan fingerprint density at radius 1 is 1.27 bits per heavy atom. The minimum atomic E-state index is 0.173. The van der Waals surface area contributed by atoms with Crippen molar-refractivity contribution in [2.75, 3.05) is 0 Å². The van der Waals surface area contributed by atoms with Gasteiger partial charge in [0.05, 0.1) is 11.9 Å². The van der Waals surface area contributed by atoms with Gasteiger partial charge in [-0.2, -0.15) is 5.10 Å². The summed E-state index contributed by atoms with van der Waals surface area (Å²) < 4.78 is 1.87. The third kappa shape index (κ3) is 2.76. The van der Waals surface area contributed by atoms with E-state index in [1.54, 1.807) is 0 Å². The Hall–Kier alpha value is -2.10. The average Bonchev–Trinajstić information content (AvgIpc) is 3.24. The minimum Gasteiger partial charge on any atom is -0.353 e. The molecule has 4 heteroatoms. The van der Waals surface area contributed by atoms with Gasteiger partial charge in [0.15, 0.2) is 0 Å². The molecule has 0 radical (unpaired) electrons. The third-order valence-corrected chi connectivity index (χ3v) is 7.43. The van der Waals surface area contributed by atoms with Gasteiger partial charge >= 0.3 is 0 Å². The van der Waals surface area contributed by atoms with Gasteiger partial charge in [-0.1, -0.05) is 39.0 Å². The molecule has 1 heterocycles. The molecule has 3 unspecified atom stereocenters. The fourth-order valence-electron chi connectivity index (χ4n) is 5.16. The number of carbonyl (C=O) groups is 1. The fraction of sp³-hybridized carbons (Fsp3) is 0.545. The molecule has 0 aliphatic heterocycles. The maximum atomic E-state index is 12.5. The molecule has 4 rings (SSSR count). The Kier molecular flexibility index (Phi) is 4.17. The van der Waals surface area contributed by atoms with Gasteiger partial charge in [-0.25, -0.2) is 4.68 Å². The number of aromatic nitrogens is 2. The molecule has 2 aromatic rings. The quantitative estimate of drug-likeness (QED) is 0.880. The summed E-state index contributed by atoms with van der Waals surface area (Å²) in [5.74, 6) is 0.925. The van der Waals surface area contributed by atoms with Crippen LogP contribution in [0.4, 0.5) is 0 Å². The molecule has 3 atom stereocenters. The number of carbonyl (C=O) groups excluding carboxylic acids is 1. The first kappa shape index (κ1) is 17.3. The van der Waals surface area contributed by atoms with Crippen molar-refractivity contribution in [1.82, 2.24) is 15.1 Å². The zero-order chi connectivity index (χ0) is 18.4. The highest BCUT2D eigenvalue weighted by Crippen LogP contribution is 2.65. The van der Waals surface area contributed by atoms with E-state index in [0.29, 0.717) is 17.9 Å². The van der Waals surface area contributed by atoms with E-state index in [1.165, 1.54) is 12.8 Å². The lowest BCUT2D eigenvalue weighted by molar-refractivity contribution is -0.122. The highest BCUT2D eigenvalue weighted by molar-refractivity contribution is 5.76. The standard InChI is InChI=1S/C22H29N3O/c1-21(2)17-11-12-22(21,3)19(13-17)24-20(26)10-9-16-14-23-25(15-16)18-7-5-4-6-8-18/h4-8,14-15,17,19H,9-13H2,1-3H3,(H,24,26). The number of nitrogens with zero attached hydrogens (tertiary/aromatic N) is 2. The van der Waals surface area contributed by atoms with Gasteiger partial charge < -0.3 is 5.32 Å². The van der Waals surface area contributed by atoms with Crippen LogP contribution in [0.25, 0.3) is 5.69 Å². The van der Waals surface area contributed by atoms with Crippen LogP contribution in [0.5, 0.6) is 0 Å². The van der Waals surface area contributed by atoms with Crippen LogP contribution < -0.4 is 5.32 Å². The molecule has 2 aliphatic carbocycles. The number of hydrogen-bond donors (Lipinski definition) is 1. The van der Waals surface area contributed by atoms with E-state index in [1.807, 2.05) is 47.4 Å². The van der Waals surface area contributed by atoms with E-state index in [2.05, 4.69) is 31.2 Å². The van der Waals surface area contributed by atoms with Crippen LogP contribution >= 0.6 is 0 Å². The number of amides is 1. The average molecular weight is 351 g/mol. The second-order valence-electron chi connectivity index (χ2n) is 8.86. The first-order valence-corrected chi connectivity index (χ1v) is 9.78. The summed E-state index contributed by atoms with van der Waals surface area (Å²) in [6.07, 6.45) is 8.83. The van der Waals surface area contributed by atoms with Crippen molar-refractivity contribution >= 4 is 5.91 Å². The Morgan fingerprint density at radius 3 is 2.69 bits per heavy atom. The van der Waals surface area contributed by atoms with Crippen molar-refractivity contribution < 1.29 is 4.79 Å². The van der Waals surface area contributed by atoms with E-state index in [9.17, 15) is 4.79 Å². The second-order valence-corrected chi connectivity index (χ2v) is 8.86. The van der Waals surface area contributed by atoms with Gasteiger partial charge in [-0.3, -0.25) is 4.79 Å². The maximum absolute atomic E-state index is 12.5. The fourth-order valence-corrected chi connectivity index (χ4v) is 5.16. The van der Waals surface area contributed by atoms with Gasteiger partial charge in [-0.15, -0.1) is 0 Å². The van der Waals surface area contributed by atoms with Crippen LogP contribution in [-0.4, -0.2) is 21.7 Å². The molecule has 2 fully saturated rings. The molecule has 2 bridgehead atoms. The molecular weight excluding hydrogens is 322 g/mol. The van der Waals surface area contributed by atoms with Crippen molar-refractivity contribution in [3.8, 4) is 5.69 Å². The Morgan fingerprint density at radius 2 is 2.04 bits per heavy atom. The summed E-state index contributed by atoms with van der Waals surface area (Å²) in [7, 11) is 0. The Balaban J connectivity index is 1.34. The van der Waals surface area contributed by atoms with Crippen molar-refractivity contribution in [2.24, 2.45) is 16.7 Å². The summed E-state index contributed by atoms with van der Waals surface area (Å²) in [5, 5.41) is 7.76. The van der Waals surface area contributed by atoms with Crippen molar-refractivity contribution in [1.29, 1.82) is 0 Å². The molecule has 0 spiro atoms. The third-order valence-electron chi connectivity index (χ3n) is 7.43. The molecule has 138 valence electrons. The van der Waals surface area contributed by atoms with Crippen LogP contribution in [0.15, 0.2) is 42.7 Å². The summed E-state index contributed by atoms with van der Waals surface area (Å²) in [6.45, 7) is 7.14. The monoisotopic (exact) mass is 351 g/mol. The zero-order valence-corrected chi connectivity index (χ0v) is 16.0. The molecule has 1 aromatic carbocycles. The van der Waals surface area contributed by atoms with E-state index in [4.69, 9.17) is 0 Å². The summed E-state index contributed by atoms with van der Waals surface area (Å²) in [5.41, 5.74) is 2.72. The van der Waals surface area contributed by atoms with E-state index >= 15 is 0 Å². The van der Waals surface area contributed by atoms with Crippen molar-refractivity contribution in [3.63, 3.8) is 0 Å². The molecular formula is C22H29N3O. The predicted octanol–water partition coefficient (Wildman–Crippen LogP) is 4.14. The molecule has 2 aliphatic rings. The van der Waals surface area contributed by atoms with Crippen LogP contribution in [0, 0.1) is 16.7 Å². The van der Waals surface area contributed by atoms with E-state index in [0.717, 1.165) is 30.0 Å². The second kappa shape index (κ2) is 6.26. The molecule has 1 amide bonds. The largest absolute Gasteiger partial charge is 0.353 e. The summed E-state index contributed by atoms with van der Waals surface area (Å²) in [4.78, 5) is 12.5. The van der Waals surface area contributed by atoms with E-state index in [-0.39, 0.29) is 11.3 Å². The van der Waals surface area contributed by atoms with Crippen LogP contribution in [0.2, 0.25) is 0 Å². The number of nitrogens with one attached hydrogen (secondary N) is 1. The summed E-state index contributed by atoms with van der Waals surface area (Å²) >= 11 is 0. The number of hydrogen-bond acceptors (Lipinski definition) is 2. The molecule has 26 heavy (non-hydrogen) atoms. The van der Waals surface area contributed by atoms with Crippen LogP contribution in [0.1, 0.15) is 52.0 Å². The zero-order valence-electron chi connectivity index (χ0n) is 16.0.